The molecular weight excluding hydrogens is 322 g/mol. The molecule has 1 amide bonds. The van der Waals surface area contributed by atoms with Crippen LogP contribution in [0.5, 0.6) is 0 Å². The number of carbonyl (C=O) groups is 1. The van der Waals surface area contributed by atoms with Crippen molar-refractivity contribution in [3.63, 3.8) is 0 Å². The molecule has 0 saturated heterocycles. The third-order valence-corrected chi connectivity index (χ3v) is 3.61. The Morgan fingerprint density at radius 1 is 1.12 bits per heavy atom. The van der Waals surface area contributed by atoms with E-state index in [2.05, 4.69) is 15.5 Å². The van der Waals surface area contributed by atoms with Crippen molar-refractivity contribution < 1.29 is 9.72 Å². The van der Waals surface area contributed by atoms with Crippen LogP contribution in [0.25, 0.3) is 5.69 Å². The number of nitrogens with one attached hydrogen (secondary N) is 1. The molecule has 0 fully saturated rings. The largest absolute Gasteiger partial charge is 0.326 e. The number of hydrogen-bond acceptors (Lipinski definition) is 5. The molecule has 25 heavy (non-hydrogen) atoms. The van der Waals surface area contributed by atoms with Crippen LogP contribution in [0.1, 0.15) is 12.0 Å². The molecular formula is C17H15N5O3. The topological polar surface area (TPSA) is 103 Å². The molecule has 0 unspecified atom stereocenters. The highest BCUT2D eigenvalue weighted by Crippen LogP contribution is 2.16. The molecule has 0 aliphatic carbocycles. The van der Waals surface area contributed by atoms with E-state index < -0.39 is 4.92 Å². The molecule has 0 saturated carbocycles. The number of rotatable bonds is 6. The van der Waals surface area contributed by atoms with Gasteiger partial charge in [-0.25, -0.2) is 0 Å². The minimum Gasteiger partial charge on any atom is -0.326 e. The highest BCUT2D eigenvalue weighted by Gasteiger charge is 2.08. The molecule has 0 aliphatic rings. The average molecular weight is 337 g/mol. The fourth-order valence-electron chi connectivity index (χ4n) is 2.39. The number of aryl methyl sites for hydroxylation is 1. The second kappa shape index (κ2) is 7.35. The quantitative estimate of drug-likeness (QED) is 0.550. The van der Waals surface area contributed by atoms with Crippen LogP contribution in [-0.4, -0.2) is 25.6 Å². The van der Waals surface area contributed by atoms with Crippen molar-refractivity contribution in [3.8, 4) is 5.69 Å². The molecule has 8 heteroatoms. The summed E-state index contributed by atoms with van der Waals surface area (Å²) in [6.07, 6.45) is 3.81. The van der Waals surface area contributed by atoms with E-state index in [1.165, 1.54) is 12.1 Å². The highest BCUT2D eigenvalue weighted by atomic mass is 16.6. The summed E-state index contributed by atoms with van der Waals surface area (Å²) in [6.45, 7) is 0. The van der Waals surface area contributed by atoms with Gasteiger partial charge in [0, 0.05) is 24.2 Å². The summed E-state index contributed by atoms with van der Waals surface area (Å²) in [7, 11) is 0. The summed E-state index contributed by atoms with van der Waals surface area (Å²) in [5.41, 5.74) is 2.28. The van der Waals surface area contributed by atoms with E-state index >= 15 is 0 Å². The molecule has 0 aliphatic heterocycles. The van der Waals surface area contributed by atoms with Crippen LogP contribution < -0.4 is 5.32 Å². The number of benzene rings is 2. The zero-order valence-electron chi connectivity index (χ0n) is 13.2. The van der Waals surface area contributed by atoms with E-state index in [1.54, 1.807) is 35.4 Å². The Bertz CT molecular complexity index is 893. The van der Waals surface area contributed by atoms with Gasteiger partial charge in [0.2, 0.25) is 5.91 Å². The number of non-ortho nitro benzene ring substituents is 1. The Morgan fingerprint density at radius 2 is 1.88 bits per heavy atom. The first-order chi connectivity index (χ1) is 12.1. The third kappa shape index (κ3) is 4.25. The number of nitro benzene ring substituents is 1. The predicted molar refractivity (Wildman–Crippen MR) is 91.4 cm³/mol. The standard InChI is InChI=1S/C17H15N5O3/c23-17(8-7-13-3-1-6-16(9-13)22(24)25)20-14-4-2-5-15(10-14)21-11-18-19-12-21/h1-6,9-12H,7-8H2,(H,20,23). The molecule has 0 atom stereocenters. The molecule has 0 bridgehead atoms. The minimum atomic E-state index is -0.444. The van der Waals surface area contributed by atoms with E-state index in [-0.39, 0.29) is 18.0 Å². The third-order valence-electron chi connectivity index (χ3n) is 3.61. The van der Waals surface area contributed by atoms with E-state index in [9.17, 15) is 14.9 Å². The zero-order valence-corrected chi connectivity index (χ0v) is 13.2. The van der Waals surface area contributed by atoms with Gasteiger partial charge >= 0.3 is 0 Å². The van der Waals surface area contributed by atoms with E-state index in [4.69, 9.17) is 0 Å². The number of anilines is 1. The Morgan fingerprint density at radius 3 is 2.64 bits per heavy atom. The molecule has 1 aromatic heterocycles. The summed E-state index contributed by atoms with van der Waals surface area (Å²) >= 11 is 0. The molecule has 1 N–H and O–H groups in total. The van der Waals surface area contributed by atoms with Crippen LogP contribution in [0, 0.1) is 10.1 Å². The van der Waals surface area contributed by atoms with Crippen molar-refractivity contribution in [3.05, 3.63) is 76.9 Å². The predicted octanol–water partition coefficient (Wildman–Crippen LogP) is 2.75. The van der Waals surface area contributed by atoms with Crippen LogP contribution in [-0.2, 0) is 11.2 Å². The summed E-state index contributed by atoms with van der Waals surface area (Å²) < 4.78 is 1.73. The van der Waals surface area contributed by atoms with Gasteiger partial charge < -0.3 is 5.32 Å². The Kier molecular flexibility index (Phi) is 4.79. The zero-order chi connectivity index (χ0) is 17.6. The molecule has 3 rings (SSSR count). The summed E-state index contributed by atoms with van der Waals surface area (Å²) in [4.78, 5) is 22.5. The van der Waals surface area contributed by atoms with Gasteiger partial charge in [-0.1, -0.05) is 18.2 Å². The number of nitro groups is 1. The lowest BCUT2D eigenvalue weighted by Gasteiger charge is -2.08. The Balaban J connectivity index is 1.60. The number of amides is 1. The van der Waals surface area contributed by atoms with Crippen molar-refractivity contribution in [1.29, 1.82) is 0 Å². The van der Waals surface area contributed by atoms with Crippen molar-refractivity contribution in [2.45, 2.75) is 12.8 Å². The van der Waals surface area contributed by atoms with Crippen LogP contribution in [0.15, 0.2) is 61.2 Å². The van der Waals surface area contributed by atoms with Crippen LogP contribution in [0.3, 0.4) is 0 Å². The monoisotopic (exact) mass is 337 g/mol. The fraction of sp³-hybridized carbons (Fsp3) is 0.118. The van der Waals surface area contributed by atoms with Gasteiger partial charge in [0.1, 0.15) is 12.7 Å². The van der Waals surface area contributed by atoms with Gasteiger partial charge in [-0.15, -0.1) is 10.2 Å². The molecule has 126 valence electrons. The van der Waals surface area contributed by atoms with Gasteiger partial charge in [-0.3, -0.25) is 19.5 Å². The van der Waals surface area contributed by atoms with E-state index in [0.29, 0.717) is 12.1 Å². The molecule has 0 spiro atoms. The number of hydrogen-bond donors (Lipinski definition) is 1. The van der Waals surface area contributed by atoms with Crippen LogP contribution >= 0.6 is 0 Å². The second-order valence-electron chi connectivity index (χ2n) is 5.39. The highest BCUT2D eigenvalue weighted by molar-refractivity contribution is 5.91. The van der Waals surface area contributed by atoms with Crippen molar-refractivity contribution >= 4 is 17.3 Å². The first-order valence-corrected chi connectivity index (χ1v) is 7.60. The molecule has 0 radical (unpaired) electrons. The van der Waals surface area contributed by atoms with Crippen molar-refractivity contribution in [2.75, 3.05) is 5.32 Å². The number of aromatic nitrogens is 3. The van der Waals surface area contributed by atoms with Crippen molar-refractivity contribution in [1.82, 2.24) is 14.8 Å². The summed E-state index contributed by atoms with van der Waals surface area (Å²) in [6, 6.07) is 13.6. The van der Waals surface area contributed by atoms with Gasteiger partial charge in [0.15, 0.2) is 0 Å². The lowest BCUT2D eigenvalue weighted by Crippen LogP contribution is -2.12. The second-order valence-corrected chi connectivity index (χ2v) is 5.39. The van der Waals surface area contributed by atoms with Gasteiger partial charge in [-0.05, 0) is 30.2 Å². The van der Waals surface area contributed by atoms with Gasteiger partial charge in [-0.2, -0.15) is 0 Å². The molecule has 8 nitrogen and oxygen atoms in total. The number of carbonyl (C=O) groups excluding carboxylic acids is 1. The maximum Gasteiger partial charge on any atom is 0.269 e. The minimum absolute atomic E-state index is 0.0274. The molecule has 2 aromatic carbocycles. The van der Waals surface area contributed by atoms with Crippen molar-refractivity contribution in [2.24, 2.45) is 0 Å². The fourth-order valence-corrected chi connectivity index (χ4v) is 2.39. The maximum atomic E-state index is 12.1. The SMILES string of the molecule is O=C(CCc1cccc([N+](=O)[O-])c1)Nc1cccc(-n2cnnc2)c1. The maximum absolute atomic E-state index is 12.1. The Labute approximate surface area is 143 Å². The Hall–Kier alpha value is -3.55. The van der Waals surface area contributed by atoms with Gasteiger partial charge in [0.05, 0.1) is 10.6 Å². The smallest absolute Gasteiger partial charge is 0.269 e. The van der Waals surface area contributed by atoms with E-state index in [0.717, 1.165) is 11.3 Å². The molecule has 3 aromatic rings. The van der Waals surface area contributed by atoms with E-state index in [1.807, 2.05) is 18.2 Å². The van der Waals surface area contributed by atoms with Gasteiger partial charge in [0.25, 0.3) is 5.69 Å². The van der Waals surface area contributed by atoms with Crippen LogP contribution in [0.2, 0.25) is 0 Å². The summed E-state index contributed by atoms with van der Waals surface area (Å²) in [5, 5.41) is 21.1. The normalized spacial score (nSPS) is 10.4. The first-order valence-electron chi connectivity index (χ1n) is 7.60. The van der Waals surface area contributed by atoms with Crippen LogP contribution in [0.4, 0.5) is 11.4 Å². The first kappa shape index (κ1) is 16.3. The lowest BCUT2D eigenvalue weighted by atomic mass is 10.1. The number of nitrogens with zero attached hydrogens (tertiary/aromatic N) is 4. The molecule has 1 heterocycles. The lowest BCUT2D eigenvalue weighted by molar-refractivity contribution is -0.384. The average Bonchev–Trinajstić information content (AvgIpc) is 3.15. The summed E-state index contributed by atoms with van der Waals surface area (Å²) in [5.74, 6) is -0.160.